The van der Waals surface area contributed by atoms with Crippen molar-refractivity contribution in [2.24, 2.45) is 0 Å². The average molecular weight is 386 g/mol. The number of H-pyrrole nitrogens is 1. The van der Waals surface area contributed by atoms with Gasteiger partial charge < -0.3 is 15.2 Å². The number of fused-ring (bicyclic) bond motifs is 1. The zero-order valence-electron chi connectivity index (χ0n) is 16.4. The van der Waals surface area contributed by atoms with Crippen LogP contribution in [0.4, 0.5) is 0 Å². The molecular formula is C23H22N4O2. The number of carbonyl (C=O) groups excluding carboxylic acids is 2. The van der Waals surface area contributed by atoms with Crippen LogP contribution in [0.15, 0.2) is 48.7 Å². The monoisotopic (exact) mass is 386 g/mol. The molecule has 0 radical (unpaired) electrons. The minimum atomic E-state index is -0.0323. The van der Waals surface area contributed by atoms with Crippen molar-refractivity contribution >= 4 is 24.0 Å². The first-order valence-corrected chi connectivity index (χ1v) is 9.47. The summed E-state index contributed by atoms with van der Waals surface area (Å²) in [5.74, 6) is -0.0600. The summed E-state index contributed by atoms with van der Waals surface area (Å²) in [6.45, 7) is 0.658. The third-order valence-corrected chi connectivity index (χ3v) is 4.88. The van der Waals surface area contributed by atoms with Crippen molar-refractivity contribution in [1.29, 1.82) is 0 Å². The molecule has 0 fully saturated rings. The van der Waals surface area contributed by atoms with Crippen molar-refractivity contribution < 1.29 is 9.59 Å². The lowest BCUT2D eigenvalue weighted by molar-refractivity contribution is 0.0827. The van der Waals surface area contributed by atoms with Crippen molar-refractivity contribution in [3.8, 4) is 11.3 Å². The smallest absolute Gasteiger partial charge is 0.253 e. The molecule has 3 aromatic rings. The maximum atomic E-state index is 12.1. The summed E-state index contributed by atoms with van der Waals surface area (Å²) in [7, 11) is 3.48. The summed E-state index contributed by atoms with van der Waals surface area (Å²) < 4.78 is 0. The fourth-order valence-corrected chi connectivity index (χ4v) is 3.37. The van der Waals surface area contributed by atoms with E-state index in [2.05, 4.69) is 15.3 Å². The summed E-state index contributed by atoms with van der Waals surface area (Å²) in [5.41, 5.74) is 5.93. The fourth-order valence-electron chi connectivity index (χ4n) is 3.37. The highest BCUT2D eigenvalue weighted by Gasteiger charge is 2.19. The minimum Gasteiger partial charge on any atom is -0.358 e. The van der Waals surface area contributed by atoms with E-state index in [4.69, 9.17) is 0 Å². The first kappa shape index (κ1) is 18.7. The molecule has 1 aliphatic rings. The van der Waals surface area contributed by atoms with Crippen LogP contribution in [0.1, 0.15) is 37.7 Å². The first-order valence-electron chi connectivity index (χ1n) is 9.47. The highest BCUT2D eigenvalue weighted by atomic mass is 16.2. The summed E-state index contributed by atoms with van der Waals surface area (Å²) in [4.78, 5) is 33.5. The Morgan fingerprint density at radius 3 is 2.79 bits per heavy atom. The number of rotatable bonds is 4. The Bertz CT molecular complexity index is 1110. The molecule has 6 heteroatoms. The van der Waals surface area contributed by atoms with Gasteiger partial charge in [0.2, 0.25) is 0 Å². The molecule has 0 unspecified atom stereocenters. The van der Waals surface area contributed by atoms with Crippen molar-refractivity contribution in [2.75, 3.05) is 20.6 Å². The van der Waals surface area contributed by atoms with Gasteiger partial charge in [-0.1, -0.05) is 18.2 Å². The van der Waals surface area contributed by atoms with E-state index in [-0.39, 0.29) is 11.8 Å². The van der Waals surface area contributed by atoms with Crippen LogP contribution in [-0.2, 0) is 6.42 Å². The number of hydrogen-bond donors (Lipinski definition) is 2. The average Bonchev–Trinajstić information content (AvgIpc) is 3.18. The van der Waals surface area contributed by atoms with E-state index in [9.17, 15) is 9.59 Å². The van der Waals surface area contributed by atoms with Crippen LogP contribution >= 0.6 is 0 Å². The summed E-state index contributed by atoms with van der Waals surface area (Å²) in [6.07, 6.45) is 6.41. The normalized spacial score (nSPS) is 13.2. The Morgan fingerprint density at radius 2 is 2.00 bits per heavy atom. The van der Waals surface area contributed by atoms with E-state index in [1.807, 2.05) is 54.6 Å². The molecule has 29 heavy (non-hydrogen) atoms. The zero-order valence-corrected chi connectivity index (χ0v) is 16.4. The van der Waals surface area contributed by atoms with E-state index < -0.39 is 0 Å². The number of nitrogens with one attached hydrogen (secondary N) is 2. The van der Waals surface area contributed by atoms with Crippen LogP contribution in [0.2, 0.25) is 0 Å². The van der Waals surface area contributed by atoms with Crippen LogP contribution in [0.3, 0.4) is 0 Å². The summed E-state index contributed by atoms with van der Waals surface area (Å²) >= 11 is 0. The van der Waals surface area contributed by atoms with E-state index in [1.165, 1.54) is 0 Å². The second-order valence-electron chi connectivity index (χ2n) is 7.21. The largest absolute Gasteiger partial charge is 0.358 e. The van der Waals surface area contributed by atoms with E-state index in [1.54, 1.807) is 25.2 Å². The van der Waals surface area contributed by atoms with Gasteiger partial charge in [-0.3, -0.25) is 14.6 Å². The molecule has 0 spiro atoms. The van der Waals surface area contributed by atoms with E-state index in [0.717, 1.165) is 34.6 Å². The van der Waals surface area contributed by atoms with Gasteiger partial charge in [-0.2, -0.15) is 0 Å². The Labute approximate surface area is 169 Å². The van der Waals surface area contributed by atoms with Gasteiger partial charge in [0.25, 0.3) is 11.8 Å². The lowest BCUT2D eigenvalue weighted by Gasteiger charge is -2.10. The van der Waals surface area contributed by atoms with Gasteiger partial charge in [0.05, 0.1) is 11.3 Å². The number of benzene rings is 1. The zero-order chi connectivity index (χ0) is 20.4. The Hall–Kier alpha value is -3.67. The summed E-state index contributed by atoms with van der Waals surface area (Å²) in [6, 6.07) is 13.3. The molecule has 0 saturated carbocycles. The molecular weight excluding hydrogens is 364 g/mol. The predicted octanol–water partition coefficient (Wildman–Crippen LogP) is 3.23. The Morgan fingerprint density at radius 1 is 1.14 bits per heavy atom. The first-order chi connectivity index (χ1) is 14.0. The van der Waals surface area contributed by atoms with Gasteiger partial charge in [0.1, 0.15) is 0 Å². The number of carbonyl (C=O) groups is 2. The van der Waals surface area contributed by atoms with Gasteiger partial charge in [-0.25, -0.2) is 0 Å². The van der Waals surface area contributed by atoms with Crippen molar-refractivity contribution in [3.05, 3.63) is 76.7 Å². The van der Waals surface area contributed by atoms with Crippen molar-refractivity contribution in [3.63, 3.8) is 0 Å². The molecule has 146 valence electrons. The van der Waals surface area contributed by atoms with Crippen LogP contribution in [-0.4, -0.2) is 47.3 Å². The maximum Gasteiger partial charge on any atom is 0.253 e. The lowest BCUT2D eigenvalue weighted by Crippen LogP contribution is -2.31. The van der Waals surface area contributed by atoms with Gasteiger partial charge in [0.15, 0.2) is 0 Å². The maximum absolute atomic E-state index is 12.1. The molecule has 1 aliphatic heterocycles. The van der Waals surface area contributed by atoms with Crippen molar-refractivity contribution in [1.82, 2.24) is 20.2 Å². The minimum absolute atomic E-state index is 0.0277. The quantitative estimate of drug-likeness (QED) is 0.723. The molecule has 6 nitrogen and oxygen atoms in total. The topological polar surface area (TPSA) is 78.1 Å². The standard InChI is InChI=1S/C23H22N4O2/c1-27(2)23(29)17-5-3-4-15(12-17)6-7-18-13-16(8-10-24-18)21-14-19-20(26-21)9-11-25-22(19)28/h3-8,10,12-14,26H,9,11H2,1-2H3,(H,25,28). The molecule has 0 bridgehead atoms. The number of hydrogen-bond acceptors (Lipinski definition) is 3. The van der Waals surface area contributed by atoms with Gasteiger partial charge >= 0.3 is 0 Å². The van der Waals surface area contributed by atoms with Crippen LogP contribution in [0.5, 0.6) is 0 Å². The predicted molar refractivity (Wildman–Crippen MR) is 113 cm³/mol. The molecule has 3 heterocycles. The number of pyridine rings is 1. The number of amides is 2. The molecule has 0 aliphatic carbocycles. The number of nitrogens with zero attached hydrogens (tertiary/aromatic N) is 2. The van der Waals surface area contributed by atoms with E-state index >= 15 is 0 Å². The summed E-state index contributed by atoms with van der Waals surface area (Å²) in [5, 5.41) is 2.86. The molecule has 2 N–H and O–H groups in total. The van der Waals surface area contributed by atoms with Crippen LogP contribution in [0, 0.1) is 0 Å². The highest BCUT2D eigenvalue weighted by molar-refractivity contribution is 5.98. The molecule has 4 rings (SSSR count). The number of aromatic amines is 1. The molecule has 0 saturated heterocycles. The van der Waals surface area contributed by atoms with Gasteiger partial charge in [-0.15, -0.1) is 0 Å². The van der Waals surface area contributed by atoms with Gasteiger partial charge in [-0.05, 0) is 42.0 Å². The SMILES string of the molecule is CN(C)C(=O)c1cccc(C=Cc2cc(-c3cc4c([nH]3)CCNC4=O)ccn2)c1. The Balaban J connectivity index is 1.58. The molecule has 2 aromatic heterocycles. The fraction of sp³-hybridized carbons (Fsp3) is 0.174. The molecule has 2 amide bonds. The van der Waals surface area contributed by atoms with E-state index in [0.29, 0.717) is 17.7 Å². The third-order valence-electron chi connectivity index (χ3n) is 4.88. The highest BCUT2D eigenvalue weighted by Crippen LogP contribution is 2.24. The van der Waals surface area contributed by atoms with Crippen LogP contribution in [0.25, 0.3) is 23.4 Å². The second-order valence-corrected chi connectivity index (χ2v) is 7.21. The van der Waals surface area contributed by atoms with Gasteiger partial charge in [0, 0.05) is 55.8 Å². The van der Waals surface area contributed by atoms with Crippen LogP contribution < -0.4 is 5.32 Å². The second kappa shape index (κ2) is 7.75. The molecule has 0 atom stereocenters. The number of aromatic nitrogens is 2. The third kappa shape index (κ3) is 3.96. The molecule has 1 aromatic carbocycles. The Kier molecular flexibility index (Phi) is 4.99. The lowest BCUT2D eigenvalue weighted by atomic mass is 10.1. The van der Waals surface area contributed by atoms with Crippen molar-refractivity contribution in [2.45, 2.75) is 6.42 Å².